The number of nitrogens with one attached hydrogen (secondary N) is 2. The lowest BCUT2D eigenvalue weighted by molar-refractivity contribution is 0.0698. The summed E-state index contributed by atoms with van der Waals surface area (Å²) in [6.45, 7) is 0. The number of thioether (sulfide) groups is 1. The van der Waals surface area contributed by atoms with Crippen molar-refractivity contribution < 1.29 is 23.1 Å². The first kappa shape index (κ1) is 24.4. The molecule has 0 aliphatic carbocycles. The zero-order valence-corrected chi connectivity index (χ0v) is 20.6. The standard InChI is InChI=1S/C23H18N4O5S3/c1-33-23-24-12-11-18(26-23)19-9-10-20(34-19)35(31,32)27-15-6-4-5-14(13-15)21(28)25-17-8-3-2-7-16(17)22(29)30/h2-13,27H,1H3,(H,25,28)(H,29,30). The molecule has 2 heterocycles. The van der Waals surface area contributed by atoms with Gasteiger partial charge in [0.15, 0.2) is 5.16 Å². The molecule has 1 amide bonds. The van der Waals surface area contributed by atoms with Gasteiger partial charge in [0.2, 0.25) is 0 Å². The van der Waals surface area contributed by atoms with E-state index in [0.717, 1.165) is 11.3 Å². The van der Waals surface area contributed by atoms with Crippen molar-refractivity contribution in [3.63, 3.8) is 0 Å². The average Bonchev–Trinajstić information content (AvgIpc) is 3.36. The third-order valence-corrected chi connectivity index (χ3v) is 8.24. The Morgan fingerprint density at radius 2 is 1.83 bits per heavy atom. The van der Waals surface area contributed by atoms with Crippen molar-refractivity contribution in [1.29, 1.82) is 0 Å². The van der Waals surface area contributed by atoms with E-state index in [1.165, 1.54) is 54.2 Å². The van der Waals surface area contributed by atoms with Crippen LogP contribution in [-0.2, 0) is 10.0 Å². The Bertz CT molecular complexity index is 1520. The van der Waals surface area contributed by atoms with E-state index in [1.807, 2.05) is 6.26 Å². The largest absolute Gasteiger partial charge is 0.478 e. The van der Waals surface area contributed by atoms with Gasteiger partial charge in [-0.25, -0.2) is 23.2 Å². The molecule has 0 radical (unpaired) electrons. The first-order valence-electron chi connectivity index (χ1n) is 10.0. The monoisotopic (exact) mass is 526 g/mol. The van der Waals surface area contributed by atoms with Crippen LogP contribution in [0.1, 0.15) is 20.7 Å². The number of thiophene rings is 1. The zero-order valence-electron chi connectivity index (χ0n) is 18.1. The molecule has 0 spiro atoms. The molecule has 0 unspecified atom stereocenters. The van der Waals surface area contributed by atoms with Crippen LogP contribution in [0.4, 0.5) is 11.4 Å². The van der Waals surface area contributed by atoms with Crippen molar-refractivity contribution in [3.05, 3.63) is 84.1 Å². The number of para-hydroxylation sites is 1. The van der Waals surface area contributed by atoms with E-state index in [9.17, 15) is 23.1 Å². The molecule has 2 aromatic heterocycles. The van der Waals surface area contributed by atoms with E-state index in [1.54, 1.807) is 30.5 Å². The highest BCUT2D eigenvalue weighted by atomic mass is 32.2. The number of amides is 1. The lowest BCUT2D eigenvalue weighted by Gasteiger charge is -2.10. The molecule has 4 aromatic rings. The van der Waals surface area contributed by atoms with Gasteiger partial charge >= 0.3 is 5.97 Å². The summed E-state index contributed by atoms with van der Waals surface area (Å²) in [6, 6.07) is 16.8. The molecule has 35 heavy (non-hydrogen) atoms. The number of sulfonamides is 1. The Kier molecular flexibility index (Phi) is 7.15. The molecule has 12 heteroatoms. The van der Waals surface area contributed by atoms with E-state index in [-0.39, 0.29) is 26.7 Å². The minimum atomic E-state index is -3.92. The smallest absolute Gasteiger partial charge is 0.337 e. The summed E-state index contributed by atoms with van der Waals surface area (Å²) >= 11 is 2.45. The number of anilines is 2. The Morgan fingerprint density at radius 1 is 1.03 bits per heavy atom. The van der Waals surface area contributed by atoms with Crippen LogP contribution >= 0.6 is 23.1 Å². The minimum Gasteiger partial charge on any atom is -0.478 e. The van der Waals surface area contributed by atoms with E-state index in [0.29, 0.717) is 15.7 Å². The quantitative estimate of drug-likeness (QED) is 0.222. The van der Waals surface area contributed by atoms with Gasteiger partial charge in [-0.1, -0.05) is 30.0 Å². The SMILES string of the molecule is CSc1nccc(-c2ccc(S(=O)(=O)Nc3cccc(C(=O)Nc4ccccc4C(=O)O)c3)s2)n1. The second kappa shape index (κ2) is 10.3. The third-order valence-electron chi connectivity index (χ3n) is 4.70. The molecule has 178 valence electrons. The lowest BCUT2D eigenvalue weighted by atomic mass is 10.1. The number of carbonyl (C=O) groups is 2. The van der Waals surface area contributed by atoms with Gasteiger partial charge in [-0.3, -0.25) is 9.52 Å². The number of aromatic carboxylic acids is 1. The maximum Gasteiger partial charge on any atom is 0.337 e. The predicted molar refractivity (Wildman–Crippen MR) is 136 cm³/mol. The number of rotatable bonds is 8. The first-order valence-corrected chi connectivity index (χ1v) is 13.5. The highest BCUT2D eigenvalue weighted by Crippen LogP contribution is 2.31. The predicted octanol–water partition coefficient (Wildman–Crippen LogP) is 4.68. The fourth-order valence-corrected chi connectivity index (χ4v) is 5.76. The molecule has 2 aromatic carbocycles. The van der Waals surface area contributed by atoms with E-state index in [2.05, 4.69) is 20.0 Å². The molecule has 0 saturated carbocycles. The molecule has 0 atom stereocenters. The average molecular weight is 527 g/mol. The summed E-state index contributed by atoms with van der Waals surface area (Å²) in [6.07, 6.45) is 3.47. The number of hydrogen-bond donors (Lipinski definition) is 3. The highest BCUT2D eigenvalue weighted by Gasteiger charge is 2.19. The van der Waals surface area contributed by atoms with Crippen molar-refractivity contribution in [2.75, 3.05) is 16.3 Å². The summed E-state index contributed by atoms with van der Waals surface area (Å²) in [4.78, 5) is 33.3. The lowest BCUT2D eigenvalue weighted by Crippen LogP contribution is -2.16. The number of nitrogens with zero attached hydrogens (tertiary/aromatic N) is 2. The Balaban J connectivity index is 1.53. The van der Waals surface area contributed by atoms with E-state index >= 15 is 0 Å². The fourth-order valence-electron chi connectivity index (χ4n) is 3.08. The maximum absolute atomic E-state index is 13.0. The number of aromatic nitrogens is 2. The summed E-state index contributed by atoms with van der Waals surface area (Å²) in [5, 5.41) is 12.4. The maximum atomic E-state index is 13.0. The summed E-state index contributed by atoms with van der Waals surface area (Å²) < 4.78 is 28.5. The van der Waals surface area contributed by atoms with Crippen LogP contribution in [0.25, 0.3) is 10.6 Å². The van der Waals surface area contributed by atoms with Gasteiger partial charge in [0.25, 0.3) is 15.9 Å². The molecule has 0 aliphatic rings. The van der Waals surface area contributed by atoms with E-state index in [4.69, 9.17) is 0 Å². The zero-order chi connectivity index (χ0) is 25.0. The molecular formula is C23H18N4O5S3. The van der Waals surface area contributed by atoms with Crippen LogP contribution in [-0.4, -0.2) is 41.6 Å². The third kappa shape index (κ3) is 5.67. The molecule has 3 N–H and O–H groups in total. The Hall–Kier alpha value is -3.74. The molecule has 0 saturated heterocycles. The van der Waals surface area contributed by atoms with Gasteiger partial charge in [-0.05, 0) is 54.8 Å². The topological polar surface area (TPSA) is 138 Å². The van der Waals surface area contributed by atoms with Crippen LogP contribution < -0.4 is 10.0 Å². The number of carboxylic acid groups (broad SMARTS) is 1. The number of hydrogen-bond acceptors (Lipinski definition) is 8. The van der Waals surface area contributed by atoms with Crippen LogP contribution in [0.2, 0.25) is 0 Å². The summed E-state index contributed by atoms with van der Waals surface area (Å²) in [5.41, 5.74) is 1.04. The summed E-state index contributed by atoms with van der Waals surface area (Å²) in [5.74, 6) is -1.75. The van der Waals surface area contributed by atoms with Crippen LogP contribution in [0.3, 0.4) is 0 Å². The summed E-state index contributed by atoms with van der Waals surface area (Å²) in [7, 11) is -3.92. The molecule has 9 nitrogen and oxygen atoms in total. The van der Waals surface area contributed by atoms with Gasteiger partial charge in [0.05, 0.1) is 21.8 Å². The molecule has 0 aliphatic heterocycles. The van der Waals surface area contributed by atoms with Crippen LogP contribution in [0.5, 0.6) is 0 Å². The van der Waals surface area contributed by atoms with Crippen molar-refractivity contribution in [2.45, 2.75) is 9.37 Å². The van der Waals surface area contributed by atoms with Gasteiger partial charge in [0.1, 0.15) is 4.21 Å². The number of carbonyl (C=O) groups excluding carboxylic acids is 1. The fraction of sp³-hybridized carbons (Fsp3) is 0.0435. The molecule has 0 bridgehead atoms. The van der Waals surface area contributed by atoms with Gasteiger partial charge in [-0.2, -0.15) is 0 Å². The van der Waals surface area contributed by atoms with E-state index < -0.39 is 21.9 Å². The minimum absolute atomic E-state index is 0.0560. The Labute approximate surface area is 209 Å². The van der Waals surface area contributed by atoms with Crippen molar-refractivity contribution in [3.8, 4) is 10.6 Å². The second-order valence-corrected chi connectivity index (χ2v) is 10.8. The molecule has 4 rings (SSSR count). The van der Waals surface area contributed by atoms with Gasteiger partial charge < -0.3 is 10.4 Å². The number of benzene rings is 2. The Morgan fingerprint density at radius 3 is 2.60 bits per heavy atom. The van der Waals surface area contributed by atoms with Crippen molar-refractivity contribution in [1.82, 2.24) is 9.97 Å². The van der Waals surface area contributed by atoms with Crippen LogP contribution in [0.15, 0.2) is 82.3 Å². The second-order valence-electron chi connectivity index (χ2n) is 7.04. The first-order chi connectivity index (χ1) is 16.8. The van der Waals surface area contributed by atoms with Gasteiger partial charge in [-0.15, -0.1) is 11.3 Å². The molecular weight excluding hydrogens is 508 g/mol. The van der Waals surface area contributed by atoms with Gasteiger partial charge in [0, 0.05) is 17.4 Å². The van der Waals surface area contributed by atoms with Crippen LogP contribution in [0, 0.1) is 0 Å². The highest BCUT2D eigenvalue weighted by molar-refractivity contribution is 7.98. The molecule has 0 fully saturated rings. The van der Waals surface area contributed by atoms with Crippen molar-refractivity contribution >= 4 is 56.4 Å². The van der Waals surface area contributed by atoms with Crippen molar-refractivity contribution in [2.24, 2.45) is 0 Å². The normalized spacial score (nSPS) is 11.1. The number of carboxylic acids is 1.